The fourth-order valence-corrected chi connectivity index (χ4v) is 5.68. The highest BCUT2D eigenvalue weighted by molar-refractivity contribution is 7.92. The lowest BCUT2D eigenvalue weighted by atomic mass is 10.1. The molecule has 1 atom stereocenters. The largest absolute Gasteiger partial charge is 0.355 e. The number of carbonyl (C=O) groups is 2. The molecule has 0 aromatic heterocycles. The summed E-state index contributed by atoms with van der Waals surface area (Å²) in [5, 5.41) is 3.11. The molecule has 0 saturated carbocycles. The summed E-state index contributed by atoms with van der Waals surface area (Å²) >= 11 is 12.6. The van der Waals surface area contributed by atoms with Crippen LogP contribution in [0.1, 0.15) is 19.4 Å². The van der Waals surface area contributed by atoms with E-state index in [0.29, 0.717) is 13.0 Å². The molecule has 0 radical (unpaired) electrons. The van der Waals surface area contributed by atoms with Crippen molar-refractivity contribution in [2.24, 2.45) is 0 Å². The average molecular weight is 563 g/mol. The fourth-order valence-electron chi connectivity index (χ4n) is 3.80. The Morgan fingerprint density at radius 3 is 2.19 bits per heavy atom. The monoisotopic (exact) mass is 561 g/mol. The van der Waals surface area contributed by atoms with Gasteiger partial charge in [-0.1, -0.05) is 71.7 Å². The van der Waals surface area contributed by atoms with E-state index in [2.05, 4.69) is 5.32 Å². The number of sulfonamides is 1. The molecule has 0 aliphatic carbocycles. The van der Waals surface area contributed by atoms with Gasteiger partial charge in [-0.3, -0.25) is 13.9 Å². The smallest absolute Gasteiger partial charge is 0.264 e. The van der Waals surface area contributed by atoms with E-state index in [9.17, 15) is 18.0 Å². The summed E-state index contributed by atoms with van der Waals surface area (Å²) in [5.74, 6) is -0.882. The van der Waals surface area contributed by atoms with Crippen LogP contribution in [0, 0.1) is 0 Å². The van der Waals surface area contributed by atoms with E-state index in [4.69, 9.17) is 23.2 Å². The highest BCUT2D eigenvalue weighted by atomic mass is 35.5. The normalized spacial score (nSPS) is 12.0. The number of nitrogens with one attached hydrogen (secondary N) is 1. The van der Waals surface area contributed by atoms with Crippen LogP contribution in [0.2, 0.25) is 10.0 Å². The number of benzene rings is 3. The van der Waals surface area contributed by atoms with Crippen LogP contribution < -0.4 is 9.62 Å². The number of hydrogen-bond acceptors (Lipinski definition) is 4. The Morgan fingerprint density at radius 2 is 1.57 bits per heavy atom. The highest BCUT2D eigenvalue weighted by Crippen LogP contribution is 2.33. The van der Waals surface area contributed by atoms with Gasteiger partial charge in [-0.25, -0.2) is 8.42 Å². The maximum atomic E-state index is 13.7. The van der Waals surface area contributed by atoms with E-state index in [1.54, 1.807) is 32.0 Å². The molecule has 0 fully saturated rings. The zero-order chi connectivity index (χ0) is 27.0. The number of anilines is 1. The predicted octanol–water partition coefficient (Wildman–Crippen LogP) is 4.78. The van der Waals surface area contributed by atoms with Crippen LogP contribution in [0.15, 0.2) is 83.8 Å². The van der Waals surface area contributed by atoms with Gasteiger partial charge < -0.3 is 10.2 Å². The molecule has 0 bridgehead atoms. The number of rotatable bonds is 11. The highest BCUT2D eigenvalue weighted by Gasteiger charge is 2.33. The van der Waals surface area contributed by atoms with Crippen LogP contribution in [0.5, 0.6) is 0 Å². The van der Waals surface area contributed by atoms with Crippen LogP contribution in [0.4, 0.5) is 5.69 Å². The molecule has 0 aliphatic heterocycles. The Balaban J connectivity index is 2.00. The third-order valence-corrected chi connectivity index (χ3v) is 8.12. The van der Waals surface area contributed by atoms with Gasteiger partial charge in [0.25, 0.3) is 10.0 Å². The minimum Gasteiger partial charge on any atom is -0.355 e. The second-order valence-corrected chi connectivity index (χ2v) is 11.0. The molecule has 3 aromatic rings. The summed E-state index contributed by atoms with van der Waals surface area (Å²) in [7, 11) is -4.20. The van der Waals surface area contributed by atoms with E-state index >= 15 is 0 Å². The molecule has 2 amide bonds. The molecule has 7 nitrogen and oxygen atoms in total. The second kappa shape index (κ2) is 12.9. The van der Waals surface area contributed by atoms with Crippen molar-refractivity contribution in [1.82, 2.24) is 10.2 Å². The number of hydrogen-bond donors (Lipinski definition) is 1. The molecule has 0 saturated heterocycles. The topological polar surface area (TPSA) is 86.8 Å². The van der Waals surface area contributed by atoms with Gasteiger partial charge in [0.15, 0.2) is 0 Å². The minimum atomic E-state index is -4.20. The number of carbonyl (C=O) groups excluding carboxylic acids is 2. The molecule has 3 rings (SSSR count). The van der Waals surface area contributed by atoms with Crippen molar-refractivity contribution >= 4 is 50.7 Å². The van der Waals surface area contributed by atoms with E-state index < -0.39 is 28.5 Å². The summed E-state index contributed by atoms with van der Waals surface area (Å²) in [6.45, 7) is 3.45. The summed E-state index contributed by atoms with van der Waals surface area (Å²) in [6.07, 6.45) is 0.486. The van der Waals surface area contributed by atoms with Crippen LogP contribution in [-0.2, 0) is 26.0 Å². The SMILES string of the molecule is CCNC(=O)[C@@H](C)N(CCc1ccccc1)C(=O)CN(c1cc(Cl)ccc1Cl)S(=O)(=O)c1ccccc1. The van der Waals surface area contributed by atoms with Gasteiger partial charge in [-0.15, -0.1) is 0 Å². The molecule has 0 aliphatic rings. The van der Waals surface area contributed by atoms with E-state index in [-0.39, 0.29) is 33.1 Å². The van der Waals surface area contributed by atoms with Crippen LogP contribution in [0.25, 0.3) is 0 Å². The maximum absolute atomic E-state index is 13.7. The van der Waals surface area contributed by atoms with Crippen LogP contribution in [-0.4, -0.2) is 50.8 Å². The Hall–Kier alpha value is -3.07. The molecule has 3 aromatic carbocycles. The zero-order valence-corrected chi connectivity index (χ0v) is 22.9. The van der Waals surface area contributed by atoms with Gasteiger partial charge in [0, 0.05) is 18.1 Å². The summed E-state index contributed by atoms with van der Waals surface area (Å²) < 4.78 is 28.4. The average Bonchev–Trinajstić information content (AvgIpc) is 2.90. The van der Waals surface area contributed by atoms with Crippen molar-refractivity contribution in [2.75, 3.05) is 23.9 Å². The van der Waals surface area contributed by atoms with Gasteiger partial charge >= 0.3 is 0 Å². The number of amides is 2. The summed E-state index contributed by atoms with van der Waals surface area (Å²) in [6, 6.07) is 20.9. The Bertz CT molecular complexity index is 1320. The molecular weight excluding hydrogens is 533 g/mol. The first-order chi connectivity index (χ1) is 17.6. The van der Waals surface area contributed by atoms with Crippen molar-refractivity contribution in [3.63, 3.8) is 0 Å². The van der Waals surface area contributed by atoms with Gasteiger partial charge in [0.2, 0.25) is 11.8 Å². The maximum Gasteiger partial charge on any atom is 0.264 e. The molecule has 0 unspecified atom stereocenters. The van der Waals surface area contributed by atoms with Crippen molar-refractivity contribution in [3.05, 3.63) is 94.5 Å². The van der Waals surface area contributed by atoms with Gasteiger partial charge in [0.05, 0.1) is 15.6 Å². The Morgan fingerprint density at radius 1 is 0.946 bits per heavy atom. The summed E-state index contributed by atoms with van der Waals surface area (Å²) in [5.41, 5.74) is 1.05. The molecular formula is C27H29Cl2N3O4S. The minimum absolute atomic E-state index is 0.00791. The number of halogens is 2. The summed E-state index contributed by atoms with van der Waals surface area (Å²) in [4.78, 5) is 27.8. The first-order valence-corrected chi connectivity index (χ1v) is 14.0. The molecule has 10 heteroatoms. The van der Waals surface area contributed by atoms with Crippen molar-refractivity contribution < 1.29 is 18.0 Å². The van der Waals surface area contributed by atoms with E-state index in [1.807, 2.05) is 30.3 Å². The molecule has 196 valence electrons. The third-order valence-electron chi connectivity index (χ3n) is 5.79. The molecule has 0 spiro atoms. The lowest BCUT2D eigenvalue weighted by molar-refractivity contribution is -0.138. The fraction of sp³-hybridized carbons (Fsp3) is 0.259. The second-order valence-electron chi connectivity index (χ2n) is 8.31. The van der Waals surface area contributed by atoms with Crippen molar-refractivity contribution in [2.45, 2.75) is 31.2 Å². The first kappa shape index (κ1) is 28.5. The number of nitrogens with zero attached hydrogens (tertiary/aromatic N) is 2. The third kappa shape index (κ3) is 7.25. The van der Waals surface area contributed by atoms with Crippen molar-refractivity contribution in [3.8, 4) is 0 Å². The zero-order valence-electron chi connectivity index (χ0n) is 20.6. The van der Waals surface area contributed by atoms with Gasteiger partial charge in [0.1, 0.15) is 12.6 Å². The standard InChI is InChI=1S/C27H29Cl2N3O4S/c1-3-30-27(34)20(2)31(17-16-21-10-6-4-7-11-21)26(33)19-32(25-18-22(28)14-15-24(25)29)37(35,36)23-12-8-5-9-13-23/h4-15,18,20H,3,16-17,19H2,1-2H3,(H,30,34)/t20-/m1/s1. The van der Waals surface area contributed by atoms with Gasteiger partial charge in [-0.05, 0) is 56.2 Å². The lowest BCUT2D eigenvalue weighted by Crippen LogP contribution is -2.52. The predicted molar refractivity (Wildman–Crippen MR) is 147 cm³/mol. The molecule has 37 heavy (non-hydrogen) atoms. The Kier molecular flexibility index (Phi) is 9.97. The molecule has 0 heterocycles. The van der Waals surface area contributed by atoms with Crippen LogP contribution in [0.3, 0.4) is 0 Å². The van der Waals surface area contributed by atoms with E-state index in [1.165, 1.54) is 35.2 Å². The van der Waals surface area contributed by atoms with Gasteiger partial charge in [-0.2, -0.15) is 0 Å². The quantitative estimate of drug-likeness (QED) is 0.364. The number of likely N-dealkylation sites (N-methyl/N-ethyl adjacent to an activating group) is 1. The van der Waals surface area contributed by atoms with Crippen molar-refractivity contribution in [1.29, 1.82) is 0 Å². The molecule has 1 N–H and O–H groups in total. The Labute approximate surface area is 228 Å². The van der Waals surface area contributed by atoms with E-state index in [0.717, 1.165) is 9.87 Å². The van der Waals surface area contributed by atoms with Crippen LogP contribution >= 0.6 is 23.2 Å². The lowest BCUT2D eigenvalue weighted by Gasteiger charge is -2.32. The first-order valence-electron chi connectivity index (χ1n) is 11.8.